The van der Waals surface area contributed by atoms with Crippen LogP contribution in [0.25, 0.3) is 0 Å². The van der Waals surface area contributed by atoms with Gasteiger partial charge in [0.05, 0.1) is 18.3 Å². The zero-order chi connectivity index (χ0) is 16.3. The maximum Gasteiger partial charge on any atom is 0.240 e. The summed E-state index contributed by atoms with van der Waals surface area (Å²) in [5.74, 6) is 0.454. The van der Waals surface area contributed by atoms with Gasteiger partial charge in [-0.1, -0.05) is 19.0 Å². The number of hydrogen-bond donors (Lipinski definition) is 1. The molecule has 0 bridgehead atoms. The minimum atomic E-state index is -0.207. The Morgan fingerprint density at radius 2 is 2.23 bits per heavy atom. The van der Waals surface area contributed by atoms with Crippen molar-refractivity contribution in [3.8, 4) is 0 Å². The first-order chi connectivity index (χ1) is 10.4. The standard InChI is InChI=1S/C15H24N4O3/c1-10(2)11-8-14(22-17-11)16-13(20)9-19-7-5-6-12(19)15(21)18(3)4/h8,10,12H,5-7,9H2,1-4H3,(H,16,20)/t12-/m1/s1. The van der Waals surface area contributed by atoms with E-state index in [-0.39, 0.29) is 30.3 Å². The molecule has 1 aliphatic heterocycles. The van der Waals surface area contributed by atoms with E-state index in [4.69, 9.17) is 4.52 Å². The molecule has 0 unspecified atom stereocenters. The van der Waals surface area contributed by atoms with Crippen LogP contribution in [0.5, 0.6) is 0 Å². The Morgan fingerprint density at radius 3 is 2.82 bits per heavy atom. The molecule has 1 aromatic heterocycles. The van der Waals surface area contributed by atoms with Crippen LogP contribution in [0.1, 0.15) is 38.3 Å². The van der Waals surface area contributed by atoms with Gasteiger partial charge in [-0.15, -0.1) is 0 Å². The van der Waals surface area contributed by atoms with Gasteiger partial charge in [-0.25, -0.2) is 0 Å². The molecule has 1 fully saturated rings. The number of hydrogen-bond acceptors (Lipinski definition) is 5. The lowest BCUT2D eigenvalue weighted by Gasteiger charge is -2.25. The van der Waals surface area contributed by atoms with Crippen LogP contribution >= 0.6 is 0 Å². The predicted octanol–water partition coefficient (Wildman–Crippen LogP) is 1.29. The summed E-state index contributed by atoms with van der Waals surface area (Å²) in [6.07, 6.45) is 1.72. The maximum atomic E-state index is 12.1. The molecule has 122 valence electrons. The van der Waals surface area contributed by atoms with Gasteiger partial charge in [0, 0.05) is 20.2 Å². The average Bonchev–Trinajstić information content (AvgIpc) is 3.07. The van der Waals surface area contributed by atoms with Gasteiger partial charge >= 0.3 is 0 Å². The largest absolute Gasteiger partial charge is 0.347 e. The summed E-state index contributed by atoms with van der Waals surface area (Å²) in [7, 11) is 3.47. The third-order valence-corrected chi connectivity index (χ3v) is 3.82. The Balaban J connectivity index is 1.92. The topological polar surface area (TPSA) is 78.7 Å². The van der Waals surface area contributed by atoms with E-state index < -0.39 is 0 Å². The fraction of sp³-hybridized carbons (Fsp3) is 0.667. The molecule has 0 spiro atoms. The molecular weight excluding hydrogens is 284 g/mol. The molecule has 1 N–H and O–H groups in total. The van der Waals surface area contributed by atoms with Crippen molar-refractivity contribution in [2.75, 3.05) is 32.5 Å². The molecule has 7 heteroatoms. The molecule has 22 heavy (non-hydrogen) atoms. The van der Waals surface area contributed by atoms with Crippen molar-refractivity contribution in [1.82, 2.24) is 15.0 Å². The minimum Gasteiger partial charge on any atom is -0.347 e. The van der Waals surface area contributed by atoms with Gasteiger partial charge in [0.2, 0.25) is 17.7 Å². The first-order valence-electron chi connectivity index (χ1n) is 7.60. The number of nitrogens with zero attached hydrogens (tertiary/aromatic N) is 3. The molecule has 1 saturated heterocycles. The number of carbonyl (C=O) groups is 2. The van der Waals surface area contributed by atoms with Crippen molar-refractivity contribution in [2.45, 2.75) is 38.6 Å². The van der Waals surface area contributed by atoms with Crippen LogP contribution < -0.4 is 5.32 Å². The lowest BCUT2D eigenvalue weighted by molar-refractivity contribution is -0.133. The number of nitrogens with one attached hydrogen (secondary N) is 1. The van der Waals surface area contributed by atoms with Gasteiger partial charge in [0.25, 0.3) is 0 Å². The quantitative estimate of drug-likeness (QED) is 0.886. The summed E-state index contributed by atoms with van der Waals surface area (Å²) in [6, 6.07) is 1.52. The van der Waals surface area contributed by atoms with Crippen LogP contribution in [0.15, 0.2) is 10.6 Å². The van der Waals surface area contributed by atoms with Crippen molar-refractivity contribution in [1.29, 1.82) is 0 Å². The highest BCUT2D eigenvalue weighted by Gasteiger charge is 2.32. The first-order valence-corrected chi connectivity index (χ1v) is 7.60. The minimum absolute atomic E-state index is 0.0482. The molecule has 1 atom stereocenters. The molecule has 1 aromatic rings. The summed E-state index contributed by atoms with van der Waals surface area (Å²) in [4.78, 5) is 27.7. The van der Waals surface area contributed by atoms with Gasteiger partial charge < -0.3 is 9.42 Å². The van der Waals surface area contributed by atoms with Gasteiger partial charge in [-0.2, -0.15) is 0 Å². The highest BCUT2D eigenvalue weighted by Crippen LogP contribution is 2.20. The lowest BCUT2D eigenvalue weighted by atomic mass is 10.1. The Hall–Kier alpha value is -1.89. The fourth-order valence-electron chi connectivity index (χ4n) is 2.57. The molecule has 2 rings (SSSR count). The van der Waals surface area contributed by atoms with Crippen LogP contribution in [0, 0.1) is 0 Å². The van der Waals surface area contributed by atoms with E-state index >= 15 is 0 Å². The molecule has 2 amide bonds. The molecular formula is C15H24N4O3. The average molecular weight is 308 g/mol. The van der Waals surface area contributed by atoms with Crippen LogP contribution in [0.4, 0.5) is 5.88 Å². The molecule has 2 heterocycles. The van der Waals surface area contributed by atoms with Crippen molar-refractivity contribution in [3.05, 3.63) is 11.8 Å². The summed E-state index contributed by atoms with van der Waals surface area (Å²) in [5, 5.41) is 6.60. The van der Waals surface area contributed by atoms with Gasteiger partial charge in [0.1, 0.15) is 0 Å². The van der Waals surface area contributed by atoms with E-state index in [1.807, 2.05) is 18.7 Å². The maximum absolute atomic E-state index is 12.1. The second-order valence-corrected chi connectivity index (χ2v) is 6.18. The third-order valence-electron chi connectivity index (χ3n) is 3.82. The summed E-state index contributed by atoms with van der Waals surface area (Å²) >= 11 is 0. The number of aromatic nitrogens is 1. The number of amides is 2. The molecule has 0 radical (unpaired) electrons. The van der Waals surface area contributed by atoms with Crippen molar-refractivity contribution in [2.24, 2.45) is 0 Å². The number of likely N-dealkylation sites (tertiary alicyclic amines) is 1. The number of rotatable bonds is 5. The monoisotopic (exact) mass is 308 g/mol. The van der Waals surface area contributed by atoms with E-state index in [0.29, 0.717) is 5.88 Å². The lowest BCUT2D eigenvalue weighted by Crippen LogP contribution is -2.45. The Labute approximate surface area is 130 Å². The second kappa shape index (κ2) is 6.91. The van der Waals surface area contributed by atoms with E-state index in [0.717, 1.165) is 25.1 Å². The zero-order valence-electron chi connectivity index (χ0n) is 13.6. The summed E-state index contributed by atoms with van der Waals surface area (Å²) in [6.45, 7) is 4.95. The molecule has 1 aliphatic rings. The summed E-state index contributed by atoms with van der Waals surface area (Å²) in [5.41, 5.74) is 0.803. The van der Waals surface area contributed by atoms with E-state index in [9.17, 15) is 9.59 Å². The molecule has 0 aliphatic carbocycles. The molecule has 0 aromatic carbocycles. The number of carbonyl (C=O) groups excluding carboxylic acids is 2. The van der Waals surface area contributed by atoms with Crippen molar-refractivity contribution >= 4 is 17.7 Å². The number of likely N-dealkylation sites (N-methyl/N-ethyl adjacent to an activating group) is 1. The van der Waals surface area contributed by atoms with Crippen LogP contribution in [0.3, 0.4) is 0 Å². The van der Waals surface area contributed by atoms with E-state index in [1.165, 1.54) is 0 Å². The van der Waals surface area contributed by atoms with Crippen molar-refractivity contribution in [3.63, 3.8) is 0 Å². The second-order valence-electron chi connectivity index (χ2n) is 6.18. The van der Waals surface area contributed by atoms with Crippen LogP contribution in [0.2, 0.25) is 0 Å². The van der Waals surface area contributed by atoms with Gasteiger partial charge in [-0.3, -0.25) is 19.8 Å². The van der Waals surface area contributed by atoms with E-state index in [2.05, 4.69) is 10.5 Å². The SMILES string of the molecule is CC(C)c1cc(NC(=O)CN2CCC[C@@H]2C(=O)N(C)C)on1. The normalized spacial score (nSPS) is 18.7. The zero-order valence-corrected chi connectivity index (χ0v) is 13.6. The molecule has 0 saturated carbocycles. The van der Waals surface area contributed by atoms with Gasteiger partial charge in [-0.05, 0) is 25.3 Å². The van der Waals surface area contributed by atoms with E-state index in [1.54, 1.807) is 25.1 Å². The Bertz CT molecular complexity index is 539. The Morgan fingerprint density at radius 1 is 1.50 bits per heavy atom. The third kappa shape index (κ3) is 3.85. The van der Waals surface area contributed by atoms with Crippen molar-refractivity contribution < 1.29 is 14.1 Å². The van der Waals surface area contributed by atoms with Gasteiger partial charge in [0.15, 0.2) is 0 Å². The van der Waals surface area contributed by atoms with Crippen LogP contribution in [-0.4, -0.2) is 60.0 Å². The highest BCUT2D eigenvalue weighted by atomic mass is 16.5. The molecule has 7 nitrogen and oxygen atoms in total. The number of anilines is 1. The smallest absolute Gasteiger partial charge is 0.240 e. The predicted molar refractivity (Wildman–Crippen MR) is 82.5 cm³/mol. The Kier molecular flexibility index (Phi) is 5.18. The van der Waals surface area contributed by atoms with Crippen LogP contribution in [-0.2, 0) is 9.59 Å². The fourth-order valence-corrected chi connectivity index (χ4v) is 2.57. The summed E-state index contributed by atoms with van der Waals surface area (Å²) < 4.78 is 5.10. The first kappa shape index (κ1) is 16.5. The highest BCUT2D eigenvalue weighted by molar-refractivity contribution is 5.91.